The zero-order valence-electron chi connectivity index (χ0n) is 13.8. The summed E-state index contributed by atoms with van der Waals surface area (Å²) in [6.45, 7) is 9.07. The molecule has 2 rings (SSSR count). The van der Waals surface area contributed by atoms with Crippen LogP contribution < -0.4 is 5.32 Å². The van der Waals surface area contributed by atoms with E-state index in [1.165, 1.54) is 0 Å². The van der Waals surface area contributed by atoms with Gasteiger partial charge in [0.15, 0.2) is 0 Å². The Bertz CT molecular complexity index is 489. The van der Waals surface area contributed by atoms with E-state index in [4.69, 9.17) is 0 Å². The minimum atomic E-state index is 0.253. The third-order valence-electron chi connectivity index (χ3n) is 4.52. The van der Waals surface area contributed by atoms with Crippen LogP contribution >= 0.6 is 0 Å². The first-order valence-electron chi connectivity index (χ1n) is 8.03. The fourth-order valence-electron chi connectivity index (χ4n) is 3.20. The van der Waals surface area contributed by atoms with Gasteiger partial charge in [-0.15, -0.1) is 0 Å². The van der Waals surface area contributed by atoms with Crippen molar-refractivity contribution >= 4 is 5.91 Å². The van der Waals surface area contributed by atoms with Gasteiger partial charge in [-0.2, -0.15) is 5.10 Å². The summed E-state index contributed by atoms with van der Waals surface area (Å²) in [6.07, 6.45) is 3.63. The zero-order valence-corrected chi connectivity index (χ0v) is 13.8. The summed E-state index contributed by atoms with van der Waals surface area (Å²) in [6, 6.07) is 0.399. The van der Waals surface area contributed by atoms with E-state index in [0.29, 0.717) is 12.5 Å². The van der Waals surface area contributed by atoms with Gasteiger partial charge in [-0.1, -0.05) is 6.92 Å². The molecule has 1 aromatic heterocycles. The summed E-state index contributed by atoms with van der Waals surface area (Å²) in [5.74, 6) is 0.253. The van der Waals surface area contributed by atoms with Gasteiger partial charge in [-0.05, 0) is 46.2 Å². The standard InChI is InChI=1S/C16H28N4O/c1-5-10-20(14-6-8-17-9-7-14)16(21)11-15-12(2)18-19(4)13(15)3/h14,17H,5-11H2,1-4H3. The topological polar surface area (TPSA) is 50.2 Å². The van der Waals surface area contributed by atoms with Crippen LogP contribution in [0.15, 0.2) is 0 Å². The molecule has 5 nitrogen and oxygen atoms in total. The number of hydrogen-bond acceptors (Lipinski definition) is 3. The summed E-state index contributed by atoms with van der Waals surface area (Å²) < 4.78 is 1.87. The summed E-state index contributed by atoms with van der Waals surface area (Å²) >= 11 is 0. The molecule has 0 spiro atoms. The smallest absolute Gasteiger partial charge is 0.227 e. The normalized spacial score (nSPS) is 16.2. The van der Waals surface area contributed by atoms with Crippen molar-refractivity contribution in [1.82, 2.24) is 20.0 Å². The molecule has 1 saturated heterocycles. The largest absolute Gasteiger partial charge is 0.339 e. The van der Waals surface area contributed by atoms with E-state index in [1.807, 2.05) is 25.6 Å². The Balaban J connectivity index is 2.10. The third kappa shape index (κ3) is 3.64. The maximum atomic E-state index is 12.8. The van der Waals surface area contributed by atoms with Crippen LogP contribution in [0.2, 0.25) is 0 Å². The Hall–Kier alpha value is -1.36. The number of nitrogens with zero attached hydrogens (tertiary/aromatic N) is 3. The number of aromatic nitrogens is 2. The van der Waals surface area contributed by atoms with Crippen molar-refractivity contribution < 1.29 is 4.79 Å². The van der Waals surface area contributed by atoms with Crippen LogP contribution in [0.25, 0.3) is 0 Å². The molecular weight excluding hydrogens is 264 g/mol. The van der Waals surface area contributed by atoms with Gasteiger partial charge in [-0.25, -0.2) is 0 Å². The highest BCUT2D eigenvalue weighted by molar-refractivity contribution is 5.79. The first kappa shape index (κ1) is 16.0. The average molecular weight is 292 g/mol. The van der Waals surface area contributed by atoms with Crippen molar-refractivity contribution in [2.45, 2.75) is 52.5 Å². The van der Waals surface area contributed by atoms with Crippen molar-refractivity contribution in [2.24, 2.45) is 7.05 Å². The summed E-state index contributed by atoms with van der Waals surface area (Å²) in [4.78, 5) is 14.9. The Morgan fingerprint density at radius 1 is 1.38 bits per heavy atom. The Morgan fingerprint density at radius 2 is 2.05 bits per heavy atom. The minimum absolute atomic E-state index is 0.253. The van der Waals surface area contributed by atoms with Crippen LogP contribution in [0.5, 0.6) is 0 Å². The van der Waals surface area contributed by atoms with Crippen LogP contribution in [0.1, 0.15) is 43.1 Å². The molecule has 0 aliphatic carbocycles. The van der Waals surface area contributed by atoms with E-state index in [2.05, 4.69) is 22.2 Å². The number of piperidine rings is 1. The summed E-state index contributed by atoms with van der Waals surface area (Å²) in [7, 11) is 1.94. The number of carbonyl (C=O) groups excluding carboxylic acids is 1. The van der Waals surface area contributed by atoms with Crippen molar-refractivity contribution in [3.05, 3.63) is 17.0 Å². The van der Waals surface area contributed by atoms with E-state index in [1.54, 1.807) is 0 Å². The number of hydrogen-bond donors (Lipinski definition) is 1. The Morgan fingerprint density at radius 3 is 2.57 bits per heavy atom. The van der Waals surface area contributed by atoms with Crippen molar-refractivity contribution in [1.29, 1.82) is 0 Å². The number of amides is 1. The first-order chi connectivity index (χ1) is 10.0. The highest BCUT2D eigenvalue weighted by Crippen LogP contribution is 2.18. The maximum absolute atomic E-state index is 12.8. The molecule has 1 aromatic rings. The van der Waals surface area contributed by atoms with Gasteiger partial charge in [0.2, 0.25) is 5.91 Å². The van der Waals surface area contributed by atoms with Crippen LogP contribution in [-0.4, -0.2) is 46.3 Å². The minimum Gasteiger partial charge on any atom is -0.339 e. The molecule has 0 atom stereocenters. The van der Waals surface area contributed by atoms with Gasteiger partial charge >= 0.3 is 0 Å². The van der Waals surface area contributed by atoms with Crippen molar-refractivity contribution in [3.63, 3.8) is 0 Å². The molecule has 2 heterocycles. The molecule has 5 heteroatoms. The molecule has 21 heavy (non-hydrogen) atoms. The van der Waals surface area contributed by atoms with E-state index in [9.17, 15) is 4.79 Å². The van der Waals surface area contributed by atoms with Gasteiger partial charge in [0, 0.05) is 30.9 Å². The highest BCUT2D eigenvalue weighted by atomic mass is 16.2. The van der Waals surface area contributed by atoms with Crippen LogP contribution in [0, 0.1) is 13.8 Å². The Labute approximate surface area is 127 Å². The fraction of sp³-hybridized carbons (Fsp3) is 0.750. The van der Waals surface area contributed by atoms with Gasteiger partial charge in [0.05, 0.1) is 12.1 Å². The number of nitrogens with one attached hydrogen (secondary N) is 1. The number of aryl methyl sites for hydroxylation is 2. The van der Waals surface area contributed by atoms with Gasteiger partial charge in [-0.3, -0.25) is 9.48 Å². The molecule has 118 valence electrons. The number of carbonyl (C=O) groups is 1. The molecule has 0 aromatic carbocycles. The lowest BCUT2D eigenvalue weighted by molar-refractivity contribution is -0.133. The van der Waals surface area contributed by atoms with Crippen molar-refractivity contribution in [3.8, 4) is 0 Å². The molecule has 1 amide bonds. The molecular formula is C16H28N4O. The summed E-state index contributed by atoms with van der Waals surface area (Å²) in [5.41, 5.74) is 3.17. The monoisotopic (exact) mass is 292 g/mol. The van der Waals surface area contributed by atoms with Gasteiger partial charge in [0.25, 0.3) is 0 Å². The summed E-state index contributed by atoms with van der Waals surface area (Å²) in [5, 5.41) is 7.79. The second kappa shape index (κ2) is 7.07. The lowest BCUT2D eigenvalue weighted by atomic mass is 10.0. The second-order valence-corrected chi connectivity index (χ2v) is 6.02. The van der Waals surface area contributed by atoms with E-state index in [0.717, 1.165) is 55.8 Å². The molecule has 1 aliphatic rings. The maximum Gasteiger partial charge on any atom is 0.227 e. The predicted molar refractivity (Wildman–Crippen MR) is 84.3 cm³/mol. The highest BCUT2D eigenvalue weighted by Gasteiger charge is 2.26. The molecule has 1 fully saturated rings. The molecule has 1 aliphatic heterocycles. The van der Waals surface area contributed by atoms with Gasteiger partial charge < -0.3 is 10.2 Å². The average Bonchev–Trinajstić information content (AvgIpc) is 2.72. The molecule has 0 unspecified atom stereocenters. The van der Waals surface area contributed by atoms with Crippen LogP contribution in [-0.2, 0) is 18.3 Å². The quantitative estimate of drug-likeness (QED) is 0.896. The first-order valence-corrected chi connectivity index (χ1v) is 8.03. The van der Waals surface area contributed by atoms with Crippen LogP contribution in [0.3, 0.4) is 0 Å². The predicted octanol–water partition coefficient (Wildman–Crippen LogP) is 1.57. The van der Waals surface area contributed by atoms with E-state index in [-0.39, 0.29) is 5.91 Å². The lowest BCUT2D eigenvalue weighted by Gasteiger charge is -2.34. The SMILES string of the molecule is CCCN(C(=O)Cc1c(C)nn(C)c1C)C1CCNCC1. The Kier molecular flexibility index (Phi) is 5.39. The molecule has 0 radical (unpaired) electrons. The third-order valence-corrected chi connectivity index (χ3v) is 4.52. The fourth-order valence-corrected chi connectivity index (χ4v) is 3.20. The molecule has 0 bridgehead atoms. The zero-order chi connectivity index (χ0) is 15.4. The van der Waals surface area contributed by atoms with Gasteiger partial charge in [0.1, 0.15) is 0 Å². The number of rotatable bonds is 5. The lowest BCUT2D eigenvalue weighted by Crippen LogP contribution is -2.47. The van der Waals surface area contributed by atoms with Crippen molar-refractivity contribution in [2.75, 3.05) is 19.6 Å². The van der Waals surface area contributed by atoms with E-state index >= 15 is 0 Å². The molecule has 0 saturated carbocycles. The second-order valence-electron chi connectivity index (χ2n) is 6.02. The van der Waals surface area contributed by atoms with Crippen LogP contribution in [0.4, 0.5) is 0 Å². The van der Waals surface area contributed by atoms with E-state index < -0.39 is 0 Å². The molecule has 1 N–H and O–H groups in total.